The second kappa shape index (κ2) is 29.2. The number of carbonyl (C=O) groups excluding carboxylic acids is 7. The van der Waals surface area contributed by atoms with E-state index in [-0.39, 0.29) is 61.3 Å². The molecule has 2 aromatic heterocycles. The van der Waals surface area contributed by atoms with E-state index in [1.54, 1.807) is 17.0 Å². The number of rotatable bonds is 27. The number of anilines is 1. The number of unbranched alkanes of at least 4 members (excludes halogenated alkanes) is 1. The van der Waals surface area contributed by atoms with Crippen molar-refractivity contribution < 1.29 is 33.6 Å². The summed E-state index contributed by atoms with van der Waals surface area (Å²) >= 11 is 0. The number of benzene rings is 3. The SMILES string of the molecule is CCCC[C@H](NC(=O)[C@@H](NC(C)=O)[C@@H](C)CC)C(=O)N1CCN(c2ccc3ncn(CC(=O)N[C@@H](CCCNC(=N)N)C(=O)N[C@@H](Cc4cnc[nH]4)C(=O)N[C@@H](Cc4ccc(-c5ccccc5)cc4)C(=O)NC)c(=O)c3c2)CC1. The van der Waals surface area contributed by atoms with Crippen molar-refractivity contribution in [3.63, 3.8) is 0 Å². The first-order chi connectivity index (χ1) is 38.0. The number of likely N-dealkylation sites (N-methyl/N-ethyl adjacent to an activating group) is 1. The van der Waals surface area contributed by atoms with Crippen LogP contribution in [-0.4, -0.2) is 142 Å². The van der Waals surface area contributed by atoms with Gasteiger partial charge in [-0.3, -0.25) is 48.3 Å². The van der Waals surface area contributed by atoms with E-state index >= 15 is 0 Å². The lowest BCUT2D eigenvalue weighted by atomic mass is 9.97. The molecule has 1 aliphatic heterocycles. The number of guanidine groups is 1. The minimum atomic E-state index is -1.25. The Labute approximate surface area is 459 Å². The molecule has 3 aromatic carbocycles. The summed E-state index contributed by atoms with van der Waals surface area (Å²) in [5.74, 6) is -3.90. The summed E-state index contributed by atoms with van der Waals surface area (Å²) in [5, 5.41) is 27.1. The van der Waals surface area contributed by atoms with Crippen molar-refractivity contribution in [2.75, 3.05) is 44.7 Å². The molecule has 11 N–H and O–H groups in total. The Hall–Kier alpha value is -8.63. The highest BCUT2D eigenvalue weighted by atomic mass is 16.2. The average molecular weight is 1090 g/mol. The highest BCUT2D eigenvalue weighted by molar-refractivity contribution is 5.95. The largest absolute Gasteiger partial charge is 0.370 e. The molecule has 422 valence electrons. The van der Waals surface area contributed by atoms with Crippen LogP contribution >= 0.6 is 0 Å². The molecule has 23 heteroatoms. The molecule has 0 aliphatic carbocycles. The maximum absolute atomic E-state index is 14.3. The number of H-pyrrole nitrogens is 1. The summed E-state index contributed by atoms with van der Waals surface area (Å²) in [6, 6.07) is 17.6. The van der Waals surface area contributed by atoms with Crippen molar-refractivity contribution in [3.8, 4) is 11.1 Å². The van der Waals surface area contributed by atoms with Gasteiger partial charge in [0.25, 0.3) is 5.56 Å². The molecular weight excluding hydrogens is 1010 g/mol. The molecule has 0 bridgehead atoms. The van der Waals surface area contributed by atoms with Crippen molar-refractivity contribution >= 4 is 63.9 Å². The molecule has 1 aliphatic rings. The first-order valence-corrected chi connectivity index (χ1v) is 26.9. The fourth-order valence-electron chi connectivity index (χ4n) is 9.36. The van der Waals surface area contributed by atoms with Gasteiger partial charge in [0, 0.05) is 77.1 Å². The molecule has 5 aromatic rings. The fourth-order valence-corrected chi connectivity index (χ4v) is 9.36. The second-order valence-corrected chi connectivity index (χ2v) is 19.8. The summed E-state index contributed by atoms with van der Waals surface area (Å²) in [5.41, 5.74) is 9.37. The Bertz CT molecular complexity index is 2940. The summed E-state index contributed by atoms with van der Waals surface area (Å²) in [4.78, 5) is 124. The third kappa shape index (κ3) is 17.2. The fraction of sp³-hybridized carbons (Fsp3) is 0.446. The lowest BCUT2D eigenvalue weighted by Crippen LogP contribution is -2.58. The first kappa shape index (κ1) is 59.6. The predicted octanol–water partition coefficient (Wildman–Crippen LogP) is 1.61. The normalized spacial score (nSPS) is 14.6. The number of fused-ring (bicyclic) bond motifs is 1. The van der Waals surface area contributed by atoms with Crippen LogP contribution in [0.5, 0.6) is 0 Å². The van der Waals surface area contributed by atoms with E-state index < -0.39 is 71.8 Å². The van der Waals surface area contributed by atoms with Gasteiger partial charge in [-0.15, -0.1) is 0 Å². The standard InChI is InChI=1S/C56H75N15O8/c1-6-8-15-45(66-53(77)49(35(3)7-2)64-36(4)72)55(79)70-26-24-69(25-27-70)41-21-22-43-42(30-41)54(78)71(34-63-43)32-48(73)65-44(16-12-23-61-56(57)58)51(75)68-47(29-40-31-60-33-62-40)52(76)67-46(50(74)59-5)28-37-17-19-39(20-18-37)38-13-10-9-11-14-38/h9-11,13-14,17-22,30-31,33-35,44-47,49H,6-8,12,15-16,23-29,32H2,1-5H3,(H,59,74)(H,60,62)(H,64,72)(H,65,73)(H,66,77)(H,67,76)(H,68,75)(H4,57,58,61)/t35-,44-,45-,46-,47-,49-/m0/s1. The number of imidazole rings is 1. The van der Waals surface area contributed by atoms with Crippen molar-refractivity contribution in [3.05, 3.63) is 113 Å². The van der Waals surface area contributed by atoms with Gasteiger partial charge in [-0.2, -0.15) is 0 Å². The highest BCUT2D eigenvalue weighted by Gasteiger charge is 2.34. The quantitative estimate of drug-likeness (QED) is 0.0203. The Kier molecular flexibility index (Phi) is 22.0. The zero-order valence-corrected chi connectivity index (χ0v) is 45.6. The lowest BCUT2D eigenvalue weighted by molar-refractivity contribution is -0.138. The van der Waals surface area contributed by atoms with Crippen molar-refractivity contribution in [1.29, 1.82) is 5.41 Å². The monoisotopic (exact) mass is 1090 g/mol. The predicted molar refractivity (Wildman–Crippen MR) is 300 cm³/mol. The second-order valence-electron chi connectivity index (χ2n) is 19.8. The van der Waals surface area contributed by atoms with Crippen LogP contribution in [0.25, 0.3) is 22.0 Å². The molecule has 79 heavy (non-hydrogen) atoms. The van der Waals surface area contributed by atoms with E-state index in [4.69, 9.17) is 11.1 Å². The van der Waals surface area contributed by atoms with Crippen LogP contribution in [0.2, 0.25) is 0 Å². The molecule has 3 heterocycles. The van der Waals surface area contributed by atoms with Crippen LogP contribution in [-0.2, 0) is 52.9 Å². The molecule has 7 amide bonds. The van der Waals surface area contributed by atoms with Crippen LogP contribution < -0.4 is 53.4 Å². The Balaban J connectivity index is 1.13. The highest BCUT2D eigenvalue weighted by Crippen LogP contribution is 2.23. The maximum atomic E-state index is 14.3. The number of nitrogens with two attached hydrogens (primary N) is 1. The third-order valence-corrected chi connectivity index (χ3v) is 14.0. The van der Waals surface area contributed by atoms with Gasteiger partial charge in [0.15, 0.2) is 5.96 Å². The van der Waals surface area contributed by atoms with Gasteiger partial charge in [0.05, 0.1) is 23.6 Å². The molecule has 1 saturated heterocycles. The van der Waals surface area contributed by atoms with Crippen LogP contribution in [0.3, 0.4) is 0 Å². The van der Waals surface area contributed by atoms with Crippen LogP contribution in [0.1, 0.15) is 77.5 Å². The van der Waals surface area contributed by atoms with Crippen molar-refractivity contribution in [2.24, 2.45) is 11.7 Å². The van der Waals surface area contributed by atoms with E-state index in [2.05, 4.69) is 52.2 Å². The van der Waals surface area contributed by atoms with Crippen LogP contribution in [0.15, 0.2) is 96.4 Å². The number of carbonyl (C=O) groups is 7. The topological polar surface area (TPSA) is 324 Å². The minimum Gasteiger partial charge on any atom is -0.370 e. The third-order valence-electron chi connectivity index (χ3n) is 14.0. The number of hydrogen-bond donors (Lipinski definition) is 10. The van der Waals surface area contributed by atoms with Gasteiger partial charge in [0.1, 0.15) is 36.8 Å². The van der Waals surface area contributed by atoms with Gasteiger partial charge in [0.2, 0.25) is 41.4 Å². The van der Waals surface area contributed by atoms with Gasteiger partial charge in [-0.05, 0) is 60.1 Å². The van der Waals surface area contributed by atoms with E-state index in [0.717, 1.165) is 34.1 Å². The Morgan fingerprint density at radius 1 is 0.759 bits per heavy atom. The maximum Gasteiger partial charge on any atom is 0.261 e. The Morgan fingerprint density at radius 2 is 1.42 bits per heavy atom. The van der Waals surface area contributed by atoms with E-state index in [9.17, 15) is 38.4 Å². The summed E-state index contributed by atoms with van der Waals surface area (Å²) in [6.07, 6.45) is 7.21. The average Bonchev–Trinajstić information content (AvgIpc) is 4.00. The van der Waals surface area contributed by atoms with E-state index in [1.165, 1.54) is 32.8 Å². The first-order valence-electron chi connectivity index (χ1n) is 26.9. The molecule has 0 spiro atoms. The number of amides is 7. The smallest absolute Gasteiger partial charge is 0.261 e. The van der Waals surface area contributed by atoms with Gasteiger partial charge < -0.3 is 57.7 Å². The lowest BCUT2D eigenvalue weighted by Gasteiger charge is -2.38. The van der Waals surface area contributed by atoms with Gasteiger partial charge in [-0.25, -0.2) is 9.97 Å². The number of hydrogen-bond acceptors (Lipinski definition) is 12. The molecule has 0 saturated carbocycles. The van der Waals surface area contributed by atoms with Gasteiger partial charge >= 0.3 is 0 Å². The van der Waals surface area contributed by atoms with Crippen molar-refractivity contribution in [1.82, 2.24) is 61.6 Å². The molecule has 6 atom stereocenters. The van der Waals surface area contributed by atoms with Crippen molar-refractivity contribution in [2.45, 2.75) is 116 Å². The number of nitrogens with one attached hydrogen (secondary N) is 9. The number of piperazine rings is 1. The zero-order valence-electron chi connectivity index (χ0n) is 45.6. The number of nitrogens with zero attached hydrogens (tertiary/aromatic N) is 5. The molecule has 0 unspecified atom stereocenters. The van der Waals surface area contributed by atoms with Gasteiger partial charge in [-0.1, -0.05) is 94.6 Å². The van der Waals surface area contributed by atoms with Crippen LogP contribution in [0.4, 0.5) is 5.69 Å². The number of aromatic amines is 1. The molecule has 23 nitrogen and oxygen atoms in total. The summed E-state index contributed by atoms with van der Waals surface area (Å²) in [7, 11) is 1.46. The molecule has 0 radical (unpaired) electrons. The minimum absolute atomic E-state index is 0.0362. The molecule has 6 rings (SSSR count). The number of aromatic nitrogens is 4. The zero-order chi connectivity index (χ0) is 57.0. The molecular formula is C56H75N15O8. The Morgan fingerprint density at radius 3 is 2.05 bits per heavy atom. The van der Waals surface area contributed by atoms with E-state index in [0.29, 0.717) is 55.9 Å². The summed E-state index contributed by atoms with van der Waals surface area (Å²) in [6.45, 7) is 8.41. The van der Waals surface area contributed by atoms with Crippen LogP contribution in [0, 0.1) is 11.3 Å². The van der Waals surface area contributed by atoms with E-state index in [1.807, 2.05) is 86.3 Å². The molecule has 1 fully saturated rings. The summed E-state index contributed by atoms with van der Waals surface area (Å²) < 4.78 is 1.13.